The monoisotopic (exact) mass is 208 g/mol. The molecule has 0 radical (unpaired) electrons. The molecule has 0 aliphatic carbocycles. The smallest absolute Gasteiger partial charge is 0.258 e. The number of aliphatic hydroxyl groups excluding tert-OH is 1. The molecule has 1 aromatic carbocycles. The lowest BCUT2D eigenvalue weighted by molar-refractivity contribution is 0.189. The molecule has 2 N–H and O–H groups in total. The summed E-state index contributed by atoms with van der Waals surface area (Å²) in [6, 6.07) is 3.75. The number of aliphatic hydroxyl groups is 1. The average Bonchev–Trinajstić information content (AvgIpc) is 2.18. The van der Waals surface area contributed by atoms with Crippen LogP contribution in [0.15, 0.2) is 23.0 Å². The molecule has 0 spiro atoms. The van der Waals surface area contributed by atoms with Crippen LogP contribution in [0.3, 0.4) is 0 Å². The van der Waals surface area contributed by atoms with Crippen LogP contribution in [0.25, 0.3) is 10.9 Å². The van der Waals surface area contributed by atoms with Crippen LogP contribution < -0.4 is 5.56 Å². The third-order valence-electron chi connectivity index (χ3n) is 2.08. The van der Waals surface area contributed by atoms with Crippen LogP contribution in [-0.2, 0) is 0 Å². The Morgan fingerprint density at radius 2 is 2.27 bits per heavy atom. The molecule has 5 heteroatoms. The molecule has 0 amide bonds. The van der Waals surface area contributed by atoms with Gasteiger partial charge in [0.15, 0.2) is 0 Å². The van der Waals surface area contributed by atoms with E-state index in [9.17, 15) is 14.3 Å². The van der Waals surface area contributed by atoms with Crippen molar-refractivity contribution in [2.75, 3.05) is 0 Å². The zero-order chi connectivity index (χ0) is 11.0. The normalized spacial score (nSPS) is 13.0. The minimum Gasteiger partial charge on any atom is -0.385 e. The van der Waals surface area contributed by atoms with E-state index in [2.05, 4.69) is 9.97 Å². The topological polar surface area (TPSA) is 66.0 Å². The van der Waals surface area contributed by atoms with Crippen molar-refractivity contribution in [3.05, 3.63) is 40.2 Å². The first kappa shape index (κ1) is 9.79. The summed E-state index contributed by atoms with van der Waals surface area (Å²) in [5, 5.41) is 9.44. The fourth-order valence-electron chi connectivity index (χ4n) is 1.33. The highest BCUT2D eigenvalue weighted by Gasteiger charge is 2.08. The maximum absolute atomic E-state index is 12.8. The predicted molar refractivity (Wildman–Crippen MR) is 53.0 cm³/mol. The summed E-state index contributed by atoms with van der Waals surface area (Å²) in [5.74, 6) is -0.307. The van der Waals surface area contributed by atoms with Gasteiger partial charge in [0.05, 0.1) is 10.9 Å². The van der Waals surface area contributed by atoms with Crippen molar-refractivity contribution in [1.82, 2.24) is 9.97 Å². The van der Waals surface area contributed by atoms with Crippen LogP contribution in [0.4, 0.5) is 4.39 Å². The molecule has 78 valence electrons. The summed E-state index contributed by atoms with van der Waals surface area (Å²) in [4.78, 5) is 17.9. The summed E-state index contributed by atoms with van der Waals surface area (Å²) in [5.41, 5.74) is -0.0774. The lowest BCUT2D eigenvalue weighted by Crippen LogP contribution is -2.13. The summed E-state index contributed by atoms with van der Waals surface area (Å²) in [7, 11) is 0. The minimum atomic E-state index is -0.854. The van der Waals surface area contributed by atoms with E-state index in [1.807, 2.05) is 0 Å². The standard InChI is InChI=1S/C10H9FN2O2/c1-5(14)9-12-8-3-2-6(11)4-7(8)10(15)13-9/h2-5,14H,1H3,(H,12,13,15)/t5-/m0/s1. The molecule has 0 saturated carbocycles. The number of nitrogens with one attached hydrogen (secondary N) is 1. The Labute approximate surface area is 84.4 Å². The molecular formula is C10H9FN2O2. The van der Waals surface area contributed by atoms with Gasteiger partial charge in [-0.1, -0.05) is 0 Å². The van der Waals surface area contributed by atoms with E-state index in [0.29, 0.717) is 5.52 Å². The van der Waals surface area contributed by atoms with E-state index in [4.69, 9.17) is 0 Å². The van der Waals surface area contributed by atoms with Gasteiger partial charge in [-0.15, -0.1) is 0 Å². The summed E-state index contributed by atoms with van der Waals surface area (Å²) in [6.07, 6.45) is -0.854. The van der Waals surface area contributed by atoms with E-state index in [1.165, 1.54) is 19.1 Å². The molecule has 1 atom stereocenters. The number of aromatic nitrogens is 2. The predicted octanol–water partition coefficient (Wildman–Crippen LogP) is 1.12. The van der Waals surface area contributed by atoms with Crippen molar-refractivity contribution in [1.29, 1.82) is 0 Å². The molecule has 4 nitrogen and oxygen atoms in total. The van der Waals surface area contributed by atoms with E-state index >= 15 is 0 Å². The number of fused-ring (bicyclic) bond motifs is 1. The third kappa shape index (κ3) is 1.73. The van der Waals surface area contributed by atoms with Crippen LogP contribution in [0.1, 0.15) is 18.9 Å². The second kappa shape index (κ2) is 3.43. The maximum Gasteiger partial charge on any atom is 0.258 e. The Morgan fingerprint density at radius 3 is 2.93 bits per heavy atom. The molecule has 2 rings (SSSR count). The summed E-state index contributed by atoms with van der Waals surface area (Å²) < 4.78 is 12.8. The Morgan fingerprint density at radius 1 is 1.53 bits per heavy atom. The first-order valence-electron chi connectivity index (χ1n) is 4.45. The first-order chi connectivity index (χ1) is 7.08. The molecular weight excluding hydrogens is 199 g/mol. The van der Waals surface area contributed by atoms with Crippen LogP contribution >= 0.6 is 0 Å². The van der Waals surface area contributed by atoms with Gasteiger partial charge in [-0.05, 0) is 25.1 Å². The fourth-order valence-corrected chi connectivity index (χ4v) is 1.33. The van der Waals surface area contributed by atoms with Crippen LogP contribution in [0.5, 0.6) is 0 Å². The van der Waals surface area contributed by atoms with Crippen molar-refractivity contribution in [2.24, 2.45) is 0 Å². The third-order valence-corrected chi connectivity index (χ3v) is 2.08. The van der Waals surface area contributed by atoms with Gasteiger partial charge in [-0.2, -0.15) is 0 Å². The molecule has 0 bridgehead atoms. The van der Waals surface area contributed by atoms with Gasteiger partial charge < -0.3 is 10.1 Å². The molecule has 1 aromatic heterocycles. The number of aromatic amines is 1. The molecule has 1 heterocycles. The maximum atomic E-state index is 12.8. The SMILES string of the molecule is C[C@H](O)c1nc2ccc(F)cc2c(=O)[nH]1. The van der Waals surface area contributed by atoms with E-state index in [1.54, 1.807) is 0 Å². The van der Waals surface area contributed by atoms with Gasteiger partial charge in [-0.3, -0.25) is 4.79 Å². The molecule has 0 fully saturated rings. The van der Waals surface area contributed by atoms with Crippen LogP contribution in [0, 0.1) is 5.82 Å². The van der Waals surface area contributed by atoms with E-state index in [-0.39, 0.29) is 11.2 Å². The Balaban J connectivity index is 2.79. The van der Waals surface area contributed by atoms with Crippen LogP contribution in [-0.4, -0.2) is 15.1 Å². The molecule has 0 aliphatic heterocycles. The molecule has 2 aromatic rings. The van der Waals surface area contributed by atoms with Crippen molar-refractivity contribution < 1.29 is 9.50 Å². The van der Waals surface area contributed by atoms with Gasteiger partial charge in [0.2, 0.25) is 0 Å². The Bertz CT molecular complexity index is 563. The van der Waals surface area contributed by atoms with Crippen molar-refractivity contribution in [2.45, 2.75) is 13.0 Å². The number of rotatable bonds is 1. The Hall–Kier alpha value is -1.75. The summed E-state index contributed by atoms with van der Waals surface area (Å²) in [6.45, 7) is 1.49. The fraction of sp³-hybridized carbons (Fsp3) is 0.200. The number of H-pyrrole nitrogens is 1. The highest BCUT2D eigenvalue weighted by Crippen LogP contribution is 2.11. The quantitative estimate of drug-likeness (QED) is 0.737. The number of benzene rings is 1. The lowest BCUT2D eigenvalue weighted by atomic mass is 10.2. The zero-order valence-corrected chi connectivity index (χ0v) is 7.99. The average molecular weight is 208 g/mol. The number of nitrogens with zero attached hydrogens (tertiary/aromatic N) is 1. The minimum absolute atomic E-state index is 0.180. The van der Waals surface area contributed by atoms with Crippen molar-refractivity contribution >= 4 is 10.9 Å². The van der Waals surface area contributed by atoms with Crippen molar-refractivity contribution in [3.63, 3.8) is 0 Å². The van der Waals surface area contributed by atoms with Crippen LogP contribution in [0.2, 0.25) is 0 Å². The highest BCUT2D eigenvalue weighted by atomic mass is 19.1. The second-order valence-corrected chi connectivity index (χ2v) is 3.29. The molecule has 0 aliphatic rings. The first-order valence-corrected chi connectivity index (χ1v) is 4.45. The van der Waals surface area contributed by atoms with Gasteiger partial charge in [-0.25, -0.2) is 9.37 Å². The van der Waals surface area contributed by atoms with Gasteiger partial charge in [0.1, 0.15) is 17.7 Å². The zero-order valence-electron chi connectivity index (χ0n) is 7.99. The lowest BCUT2D eigenvalue weighted by Gasteiger charge is -2.04. The van der Waals surface area contributed by atoms with Gasteiger partial charge in [0.25, 0.3) is 5.56 Å². The Kier molecular flexibility index (Phi) is 2.24. The number of hydrogen-bond acceptors (Lipinski definition) is 3. The highest BCUT2D eigenvalue weighted by molar-refractivity contribution is 5.77. The summed E-state index contributed by atoms with van der Waals surface area (Å²) >= 11 is 0. The molecule has 0 saturated heterocycles. The van der Waals surface area contributed by atoms with Gasteiger partial charge in [0, 0.05) is 0 Å². The van der Waals surface area contributed by atoms with Crippen molar-refractivity contribution in [3.8, 4) is 0 Å². The molecule has 0 unspecified atom stereocenters. The second-order valence-electron chi connectivity index (χ2n) is 3.29. The molecule has 15 heavy (non-hydrogen) atoms. The van der Waals surface area contributed by atoms with E-state index in [0.717, 1.165) is 6.07 Å². The number of hydrogen-bond donors (Lipinski definition) is 2. The number of halogens is 1. The van der Waals surface area contributed by atoms with Gasteiger partial charge >= 0.3 is 0 Å². The largest absolute Gasteiger partial charge is 0.385 e. The van der Waals surface area contributed by atoms with E-state index < -0.39 is 17.5 Å².